The summed E-state index contributed by atoms with van der Waals surface area (Å²) in [5, 5.41) is 0. The molecule has 1 rings (SSSR count). The van der Waals surface area contributed by atoms with Gasteiger partial charge in [-0.1, -0.05) is 48.6 Å². The molecule has 12 heavy (non-hydrogen) atoms. The minimum Gasteiger partial charge on any atom is -0.0882 e. The molecule has 0 aromatic rings. The van der Waals surface area contributed by atoms with Crippen LogP contribution in [0.1, 0.15) is 25.7 Å². The molecular weight excluding hydrogens is 144 g/mol. The molecule has 0 amide bonds. The first-order valence-corrected chi connectivity index (χ1v) is 4.63. The first-order chi connectivity index (χ1) is 6.00. The Morgan fingerprint density at radius 2 is 1.33 bits per heavy atom. The van der Waals surface area contributed by atoms with Gasteiger partial charge in [-0.25, -0.2) is 0 Å². The fourth-order valence-electron chi connectivity index (χ4n) is 1.11. The fraction of sp³-hybridized carbons (Fsp3) is 0.333. The average molecular weight is 160 g/mol. The molecule has 1 aliphatic carbocycles. The van der Waals surface area contributed by atoms with Crippen LogP contribution in [-0.2, 0) is 0 Å². The molecule has 0 aliphatic heterocycles. The van der Waals surface area contributed by atoms with E-state index >= 15 is 0 Å². The Balaban J connectivity index is 2.42. The van der Waals surface area contributed by atoms with E-state index in [2.05, 4.69) is 48.6 Å². The van der Waals surface area contributed by atoms with E-state index in [1.54, 1.807) is 0 Å². The van der Waals surface area contributed by atoms with E-state index in [1.165, 1.54) is 19.3 Å². The highest BCUT2D eigenvalue weighted by atomic mass is 13.9. The summed E-state index contributed by atoms with van der Waals surface area (Å²) >= 11 is 0. The van der Waals surface area contributed by atoms with Crippen LogP contribution < -0.4 is 0 Å². The summed E-state index contributed by atoms with van der Waals surface area (Å²) in [7, 11) is 0. The number of rotatable bonds is 0. The quantitative estimate of drug-likeness (QED) is 0.473. The first kappa shape index (κ1) is 9.05. The molecule has 0 unspecified atom stereocenters. The predicted octanol–water partition coefficient (Wildman–Crippen LogP) is 3.79. The summed E-state index contributed by atoms with van der Waals surface area (Å²) in [6.45, 7) is 0. The van der Waals surface area contributed by atoms with Crippen LogP contribution in [0.15, 0.2) is 48.6 Å². The van der Waals surface area contributed by atoms with Gasteiger partial charge in [0.1, 0.15) is 0 Å². The zero-order valence-electron chi connectivity index (χ0n) is 7.45. The van der Waals surface area contributed by atoms with Crippen LogP contribution in [0, 0.1) is 0 Å². The molecule has 0 radical (unpaired) electrons. The van der Waals surface area contributed by atoms with Crippen molar-refractivity contribution in [2.75, 3.05) is 0 Å². The topological polar surface area (TPSA) is 0 Å². The fourth-order valence-corrected chi connectivity index (χ4v) is 1.11. The molecule has 0 saturated heterocycles. The molecule has 0 N–H and O–H groups in total. The molecule has 0 heterocycles. The monoisotopic (exact) mass is 160 g/mol. The third-order valence-electron chi connectivity index (χ3n) is 1.79. The predicted molar refractivity (Wildman–Crippen MR) is 55.0 cm³/mol. The largest absolute Gasteiger partial charge is 0.0882 e. The van der Waals surface area contributed by atoms with Gasteiger partial charge in [-0.3, -0.25) is 0 Å². The highest BCUT2D eigenvalue weighted by molar-refractivity contribution is 5.12. The van der Waals surface area contributed by atoms with Crippen molar-refractivity contribution in [1.82, 2.24) is 0 Å². The molecule has 0 aromatic heterocycles. The number of hydrogen-bond acceptors (Lipinski definition) is 0. The van der Waals surface area contributed by atoms with Crippen molar-refractivity contribution < 1.29 is 0 Å². The second kappa shape index (κ2) is 6.66. The Kier molecular flexibility index (Phi) is 5.02. The van der Waals surface area contributed by atoms with Crippen molar-refractivity contribution in [2.45, 2.75) is 25.7 Å². The second-order valence-electron chi connectivity index (χ2n) is 2.88. The summed E-state index contributed by atoms with van der Waals surface area (Å²) in [4.78, 5) is 0. The van der Waals surface area contributed by atoms with Gasteiger partial charge in [-0.2, -0.15) is 0 Å². The Labute approximate surface area is 75.0 Å². The summed E-state index contributed by atoms with van der Waals surface area (Å²) in [6.07, 6.45) is 22.0. The summed E-state index contributed by atoms with van der Waals surface area (Å²) < 4.78 is 0. The molecule has 64 valence electrons. The van der Waals surface area contributed by atoms with E-state index in [-0.39, 0.29) is 0 Å². The third-order valence-corrected chi connectivity index (χ3v) is 1.79. The highest BCUT2D eigenvalue weighted by Crippen LogP contribution is 2.00. The smallest absolute Gasteiger partial charge is 0.0166 e. The molecule has 0 nitrogen and oxygen atoms in total. The lowest BCUT2D eigenvalue weighted by Crippen LogP contribution is -1.69. The molecule has 0 saturated carbocycles. The van der Waals surface area contributed by atoms with Gasteiger partial charge in [-0.05, 0) is 25.7 Å². The maximum absolute atomic E-state index is 2.27. The van der Waals surface area contributed by atoms with E-state index in [0.29, 0.717) is 0 Å². The molecule has 0 heteroatoms. The Morgan fingerprint density at radius 1 is 0.583 bits per heavy atom. The van der Waals surface area contributed by atoms with Crippen LogP contribution in [-0.4, -0.2) is 0 Å². The van der Waals surface area contributed by atoms with Gasteiger partial charge >= 0.3 is 0 Å². The maximum Gasteiger partial charge on any atom is -0.0166 e. The molecule has 0 atom stereocenters. The Morgan fingerprint density at radius 3 is 2.25 bits per heavy atom. The van der Waals surface area contributed by atoms with Crippen molar-refractivity contribution in [3.05, 3.63) is 48.6 Å². The molecule has 0 bridgehead atoms. The van der Waals surface area contributed by atoms with Crippen LogP contribution in [0.4, 0.5) is 0 Å². The third kappa shape index (κ3) is 4.73. The SMILES string of the molecule is C1=C/C=C/CCC/C=C/CC=C1. The maximum atomic E-state index is 2.27. The minimum absolute atomic E-state index is 1.06. The highest BCUT2D eigenvalue weighted by Gasteiger charge is 1.80. The summed E-state index contributed by atoms with van der Waals surface area (Å²) in [6, 6.07) is 0. The first-order valence-electron chi connectivity index (χ1n) is 4.63. The lowest BCUT2D eigenvalue weighted by Gasteiger charge is -1.90. The van der Waals surface area contributed by atoms with Crippen LogP contribution in [0.3, 0.4) is 0 Å². The van der Waals surface area contributed by atoms with Crippen molar-refractivity contribution in [3.63, 3.8) is 0 Å². The molecule has 0 aromatic carbocycles. The van der Waals surface area contributed by atoms with Crippen molar-refractivity contribution in [1.29, 1.82) is 0 Å². The lowest BCUT2D eigenvalue weighted by atomic mass is 10.2. The minimum atomic E-state index is 1.06. The number of allylic oxidation sites excluding steroid dienone is 8. The van der Waals surface area contributed by atoms with Gasteiger partial charge in [0, 0.05) is 0 Å². The van der Waals surface area contributed by atoms with Crippen LogP contribution in [0.2, 0.25) is 0 Å². The van der Waals surface area contributed by atoms with E-state index in [0.717, 1.165) is 6.42 Å². The Bertz CT molecular complexity index is 204. The van der Waals surface area contributed by atoms with E-state index in [9.17, 15) is 0 Å². The van der Waals surface area contributed by atoms with Gasteiger partial charge in [0.2, 0.25) is 0 Å². The van der Waals surface area contributed by atoms with E-state index in [1.807, 2.05) is 0 Å². The van der Waals surface area contributed by atoms with Crippen molar-refractivity contribution in [2.24, 2.45) is 0 Å². The van der Waals surface area contributed by atoms with Crippen LogP contribution in [0.5, 0.6) is 0 Å². The van der Waals surface area contributed by atoms with Gasteiger partial charge in [0.25, 0.3) is 0 Å². The molecule has 0 fully saturated rings. The van der Waals surface area contributed by atoms with Gasteiger partial charge in [-0.15, -0.1) is 0 Å². The van der Waals surface area contributed by atoms with Gasteiger partial charge in [0.15, 0.2) is 0 Å². The van der Waals surface area contributed by atoms with Crippen LogP contribution in [0.25, 0.3) is 0 Å². The molecule has 0 spiro atoms. The zero-order valence-corrected chi connectivity index (χ0v) is 7.45. The second-order valence-corrected chi connectivity index (χ2v) is 2.88. The lowest BCUT2D eigenvalue weighted by molar-refractivity contribution is 0.866. The van der Waals surface area contributed by atoms with E-state index < -0.39 is 0 Å². The standard InChI is InChI=1S/C12H16/c1-2-4-6-8-10-12-11-9-7-5-3-1/h1-6,9,11H,7-8,10,12H2/b2-1?,5-3?,6-4+,11-9+. The normalized spacial score (nSPS) is 24.0. The average Bonchev–Trinajstić information content (AvgIpc) is 2.05. The molecular formula is C12H16. The van der Waals surface area contributed by atoms with Crippen molar-refractivity contribution >= 4 is 0 Å². The summed E-state index contributed by atoms with van der Waals surface area (Å²) in [5.41, 5.74) is 0. The number of hydrogen-bond donors (Lipinski definition) is 0. The summed E-state index contributed by atoms with van der Waals surface area (Å²) in [5.74, 6) is 0. The molecule has 1 aliphatic rings. The Hall–Kier alpha value is -1.04. The zero-order chi connectivity index (χ0) is 8.49. The van der Waals surface area contributed by atoms with Crippen molar-refractivity contribution in [3.8, 4) is 0 Å². The van der Waals surface area contributed by atoms with E-state index in [4.69, 9.17) is 0 Å². The van der Waals surface area contributed by atoms with Crippen LogP contribution >= 0.6 is 0 Å². The van der Waals surface area contributed by atoms with Gasteiger partial charge in [0.05, 0.1) is 0 Å². The van der Waals surface area contributed by atoms with Gasteiger partial charge < -0.3 is 0 Å².